The zero-order valence-corrected chi connectivity index (χ0v) is 12.0. The average molecular weight is 270 g/mol. The molecule has 1 aliphatic rings. The molecule has 0 aromatic carbocycles. The largest absolute Gasteiger partial charge is 0.323 e. The molecular formula is C15H18N4O. The van der Waals surface area contributed by atoms with Crippen LogP contribution >= 0.6 is 0 Å². The number of carbonyl (C=O) groups is 1. The van der Waals surface area contributed by atoms with Crippen LogP contribution in [0.3, 0.4) is 0 Å². The summed E-state index contributed by atoms with van der Waals surface area (Å²) in [6.45, 7) is 6.12. The van der Waals surface area contributed by atoms with Gasteiger partial charge in [-0.2, -0.15) is 5.10 Å². The lowest BCUT2D eigenvalue weighted by Crippen LogP contribution is -2.21. The third kappa shape index (κ3) is 2.19. The molecule has 0 saturated carbocycles. The Hall–Kier alpha value is -2.17. The molecule has 3 heterocycles. The van der Waals surface area contributed by atoms with E-state index in [0.29, 0.717) is 6.42 Å². The highest BCUT2D eigenvalue weighted by molar-refractivity contribution is 5.93. The van der Waals surface area contributed by atoms with Gasteiger partial charge >= 0.3 is 0 Å². The molecular weight excluding hydrogens is 252 g/mol. The molecule has 2 aromatic rings. The summed E-state index contributed by atoms with van der Waals surface area (Å²) in [6.07, 6.45) is 3.06. The number of carbonyl (C=O) groups excluding carboxylic acids is 1. The van der Waals surface area contributed by atoms with Gasteiger partial charge in [0.25, 0.3) is 0 Å². The highest BCUT2D eigenvalue weighted by atomic mass is 16.1. The molecule has 104 valence electrons. The van der Waals surface area contributed by atoms with E-state index >= 15 is 0 Å². The number of fused-ring (bicyclic) bond motifs is 1. The molecule has 20 heavy (non-hydrogen) atoms. The Balaban J connectivity index is 2.17. The van der Waals surface area contributed by atoms with Crippen LogP contribution in [0.5, 0.6) is 0 Å². The maximum Gasteiger partial charge on any atom is 0.225 e. The van der Waals surface area contributed by atoms with Crippen LogP contribution in [0.1, 0.15) is 31.7 Å². The van der Waals surface area contributed by atoms with Crippen molar-refractivity contribution in [2.75, 3.05) is 5.32 Å². The van der Waals surface area contributed by atoms with Gasteiger partial charge in [0, 0.05) is 12.6 Å². The molecule has 0 radical (unpaired) electrons. The number of aromatic nitrogens is 3. The topological polar surface area (TPSA) is 59.8 Å². The highest BCUT2D eigenvalue weighted by Gasteiger charge is 2.32. The lowest BCUT2D eigenvalue weighted by molar-refractivity contribution is -0.117. The fraction of sp³-hybridized carbons (Fsp3) is 0.400. The lowest BCUT2D eigenvalue weighted by Gasteiger charge is -2.21. The molecule has 1 N–H and O–H groups in total. The van der Waals surface area contributed by atoms with Crippen molar-refractivity contribution in [1.82, 2.24) is 14.8 Å². The molecule has 0 spiro atoms. The average Bonchev–Trinajstić information content (AvgIpc) is 2.60. The van der Waals surface area contributed by atoms with Crippen molar-refractivity contribution in [2.45, 2.75) is 33.6 Å². The summed E-state index contributed by atoms with van der Waals surface area (Å²) in [6, 6.07) is 5.74. The van der Waals surface area contributed by atoms with E-state index in [0.717, 1.165) is 29.3 Å². The van der Waals surface area contributed by atoms with Crippen LogP contribution in [0, 0.1) is 12.3 Å². The lowest BCUT2D eigenvalue weighted by atomic mass is 9.85. The van der Waals surface area contributed by atoms with Gasteiger partial charge in [-0.1, -0.05) is 19.9 Å². The number of aryl methyl sites for hydroxylation is 1. The number of rotatable bonds is 1. The molecule has 5 nitrogen and oxygen atoms in total. The molecule has 2 aromatic heterocycles. The van der Waals surface area contributed by atoms with Gasteiger partial charge in [0.15, 0.2) is 5.82 Å². The summed E-state index contributed by atoms with van der Waals surface area (Å²) in [5, 5.41) is 7.53. The van der Waals surface area contributed by atoms with E-state index in [9.17, 15) is 4.79 Å². The Kier molecular flexibility index (Phi) is 2.85. The standard InChI is InChI=1S/C15H18N4O/c1-10-14-11(8-15(2,3)9-13(20)17-14)19(18-10)12-6-4-5-7-16-12/h4-7H,8-9H2,1-3H3,(H,17,20). The molecule has 1 amide bonds. The third-order valence-corrected chi connectivity index (χ3v) is 3.57. The van der Waals surface area contributed by atoms with Gasteiger partial charge in [0.2, 0.25) is 5.91 Å². The van der Waals surface area contributed by atoms with E-state index in [4.69, 9.17) is 0 Å². The first-order valence-electron chi connectivity index (χ1n) is 6.76. The SMILES string of the molecule is Cc1nn(-c2ccccn2)c2c1NC(=O)CC(C)(C)C2. The summed E-state index contributed by atoms with van der Waals surface area (Å²) < 4.78 is 1.85. The zero-order valence-electron chi connectivity index (χ0n) is 12.0. The predicted octanol–water partition coefficient (Wildman–Crippen LogP) is 2.49. The number of anilines is 1. The Morgan fingerprint density at radius 2 is 2.10 bits per heavy atom. The summed E-state index contributed by atoms with van der Waals surface area (Å²) in [7, 11) is 0. The van der Waals surface area contributed by atoms with Crippen molar-refractivity contribution in [3.8, 4) is 5.82 Å². The van der Waals surface area contributed by atoms with Crippen molar-refractivity contribution in [3.63, 3.8) is 0 Å². The Morgan fingerprint density at radius 1 is 1.30 bits per heavy atom. The molecule has 5 heteroatoms. The van der Waals surface area contributed by atoms with Crippen molar-refractivity contribution >= 4 is 11.6 Å². The fourth-order valence-electron chi connectivity index (χ4n) is 2.70. The summed E-state index contributed by atoms with van der Waals surface area (Å²) in [5.74, 6) is 0.834. The monoisotopic (exact) mass is 270 g/mol. The van der Waals surface area contributed by atoms with E-state index < -0.39 is 0 Å². The minimum atomic E-state index is -0.0890. The van der Waals surface area contributed by atoms with Crippen LogP contribution in [-0.4, -0.2) is 20.7 Å². The summed E-state index contributed by atoms with van der Waals surface area (Å²) in [5.41, 5.74) is 2.61. The zero-order chi connectivity index (χ0) is 14.3. The quantitative estimate of drug-likeness (QED) is 0.866. The van der Waals surface area contributed by atoms with Gasteiger partial charge < -0.3 is 5.32 Å². The van der Waals surface area contributed by atoms with Gasteiger partial charge in [0.05, 0.1) is 17.1 Å². The first kappa shape index (κ1) is 12.8. The number of amides is 1. The van der Waals surface area contributed by atoms with Gasteiger partial charge in [-0.05, 0) is 30.9 Å². The van der Waals surface area contributed by atoms with Gasteiger partial charge in [-0.25, -0.2) is 9.67 Å². The Labute approximate surface area is 118 Å². The molecule has 0 fully saturated rings. The van der Waals surface area contributed by atoms with Crippen LogP contribution < -0.4 is 5.32 Å². The summed E-state index contributed by atoms with van der Waals surface area (Å²) >= 11 is 0. The van der Waals surface area contributed by atoms with Crippen LogP contribution in [0.2, 0.25) is 0 Å². The van der Waals surface area contributed by atoms with Crippen LogP contribution in [0.4, 0.5) is 5.69 Å². The number of hydrogen-bond donors (Lipinski definition) is 1. The number of pyridine rings is 1. The van der Waals surface area contributed by atoms with E-state index in [1.807, 2.05) is 29.8 Å². The molecule has 0 unspecified atom stereocenters. The maximum atomic E-state index is 12.0. The molecule has 3 rings (SSSR count). The second kappa shape index (κ2) is 4.44. The second-order valence-corrected chi connectivity index (χ2v) is 6.07. The molecule has 0 saturated heterocycles. The van der Waals surface area contributed by atoms with Crippen molar-refractivity contribution in [3.05, 3.63) is 35.8 Å². The number of nitrogens with zero attached hydrogens (tertiary/aromatic N) is 3. The van der Waals surface area contributed by atoms with E-state index in [1.165, 1.54) is 0 Å². The number of nitrogens with one attached hydrogen (secondary N) is 1. The van der Waals surface area contributed by atoms with Crippen LogP contribution in [0.15, 0.2) is 24.4 Å². The van der Waals surface area contributed by atoms with Crippen molar-refractivity contribution in [2.24, 2.45) is 5.41 Å². The third-order valence-electron chi connectivity index (χ3n) is 3.57. The van der Waals surface area contributed by atoms with E-state index in [2.05, 4.69) is 29.2 Å². The maximum absolute atomic E-state index is 12.0. The normalized spacial score (nSPS) is 17.2. The molecule has 1 aliphatic heterocycles. The van der Waals surface area contributed by atoms with Crippen molar-refractivity contribution < 1.29 is 4.79 Å². The second-order valence-electron chi connectivity index (χ2n) is 6.07. The summed E-state index contributed by atoms with van der Waals surface area (Å²) in [4.78, 5) is 16.4. The minimum Gasteiger partial charge on any atom is -0.323 e. The smallest absolute Gasteiger partial charge is 0.225 e. The Morgan fingerprint density at radius 3 is 2.80 bits per heavy atom. The van der Waals surface area contributed by atoms with Crippen LogP contribution in [-0.2, 0) is 11.2 Å². The van der Waals surface area contributed by atoms with Gasteiger partial charge in [-0.3, -0.25) is 4.79 Å². The van der Waals surface area contributed by atoms with Crippen molar-refractivity contribution in [1.29, 1.82) is 0 Å². The van der Waals surface area contributed by atoms with E-state index in [1.54, 1.807) is 6.20 Å². The molecule has 0 aliphatic carbocycles. The first-order chi connectivity index (χ1) is 9.46. The fourth-order valence-corrected chi connectivity index (χ4v) is 2.70. The first-order valence-corrected chi connectivity index (χ1v) is 6.76. The van der Waals surface area contributed by atoms with Crippen LogP contribution in [0.25, 0.3) is 5.82 Å². The minimum absolute atomic E-state index is 0.0532. The van der Waals surface area contributed by atoms with Gasteiger partial charge in [-0.15, -0.1) is 0 Å². The molecule has 0 atom stereocenters. The predicted molar refractivity (Wildman–Crippen MR) is 76.8 cm³/mol. The Bertz CT molecular complexity index is 658. The number of hydrogen-bond acceptors (Lipinski definition) is 3. The van der Waals surface area contributed by atoms with Gasteiger partial charge in [0.1, 0.15) is 0 Å². The van der Waals surface area contributed by atoms with E-state index in [-0.39, 0.29) is 11.3 Å². The molecule has 0 bridgehead atoms. The highest BCUT2D eigenvalue weighted by Crippen LogP contribution is 2.35.